The van der Waals surface area contributed by atoms with Gasteiger partial charge in [-0.15, -0.1) is 11.3 Å². The van der Waals surface area contributed by atoms with Gasteiger partial charge in [-0.05, 0) is 42.0 Å². The highest BCUT2D eigenvalue weighted by atomic mass is 32.1. The Balaban J connectivity index is 1.48. The fourth-order valence-corrected chi connectivity index (χ4v) is 3.06. The Labute approximate surface area is 161 Å². The van der Waals surface area contributed by atoms with E-state index in [1.165, 1.54) is 11.3 Å². The molecular weight excluding hydrogens is 364 g/mol. The quantitative estimate of drug-likeness (QED) is 0.587. The van der Waals surface area contributed by atoms with Gasteiger partial charge in [0.25, 0.3) is 0 Å². The lowest BCUT2D eigenvalue weighted by molar-refractivity contribution is -0.144. The van der Waals surface area contributed by atoms with Crippen LogP contribution in [0.3, 0.4) is 0 Å². The van der Waals surface area contributed by atoms with Gasteiger partial charge < -0.3 is 19.5 Å². The van der Waals surface area contributed by atoms with Gasteiger partial charge in [-0.3, -0.25) is 4.79 Å². The predicted molar refractivity (Wildman–Crippen MR) is 105 cm³/mol. The van der Waals surface area contributed by atoms with Gasteiger partial charge in [-0.25, -0.2) is 4.98 Å². The molecule has 0 saturated carbocycles. The number of esters is 1. The molecule has 7 heteroatoms. The molecule has 1 aromatic heterocycles. The van der Waals surface area contributed by atoms with E-state index in [2.05, 4.69) is 10.3 Å². The van der Waals surface area contributed by atoms with Crippen LogP contribution in [0.2, 0.25) is 0 Å². The van der Waals surface area contributed by atoms with E-state index < -0.39 is 0 Å². The summed E-state index contributed by atoms with van der Waals surface area (Å²) in [4.78, 5) is 16.4. The van der Waals surface area contributed by atoms with Gasteiger partial charge in [0.15, 0.2) is 5.13 Å². The molecule has 1 N–H and O–H groups in total. The van der Waals surface area contributed by atoms with Crippen LogP contribution < -0.4 is 14.8 Å². The van der Waals surface area contributed by atoms with Crippen LogP contribution in [0.1, 0.15) is 11.3 Å². The standard InChI is InChI=1S/C20H20N2O4S/c1-24-17-7-3-14(4-8-17)11-19(23)26-12-16-13-27-20(22-16)21-15-5-9-18(25-2)10-6-15/h3-10,13H,11-12H2,1-2H3,(H,21,22). The van der Waals surface area contributed by atoms with Crippen molar-refractivity contribution in [2.45, 2.75) is 13.0 Å². The van der Waals surface area contributed by atoms with Crippen LogP contribution in [0.25, 0.3) is 0 Å². The summed E-state index contributed by atoms with van der Waals surface area (Å²) in [6.45, 7) is 0.149. The summed E-state index contributed by atoms with van der Waals surface area (Å²) in [5.41, 5.74) is 2.49. The maximum atomic E-state index is 12.0. The van der Waals surface area contributed by atoms with Crippen LogP contribution in [0.15, 0.2) is 53.9 Å². The van der Waals surface area contributed by atoms with E-state index in [1.54, 1.807) is 14.2 Å². The number of rotatable bonds is 8. The lowest BCUT2D eigenvalue weighted by Crippen LogP contribution is -2.08. The molecule has 0 aliphatic carbocycles. The first-order valence-electron chi connectivity index (χ1n) is 8.30. The first-order valence-corrected chi connectivity index (χ1v) is 9.18. The smallest absolute Gasteiger partial charge is 0.310 e. The van der Waals surface area contributed by atoms with Crippen molar-refractivity contribution in [2.75, 3.05) is 19.5 Å². The van der Waals surface area contributed by atoms with Gasteiger partial charge in [-0.2, -0.15) is 0 Å². The second-order valence-corrected chi connectivity index (χ2v) is 6.54. The van der Waals surface area contributed by atoms with E-state index in [1.807, 2.05) is 53.9 Å². The molecule has 140 valence electrons. The molecule has 6 nitrogen and oxygen atoms in total. The second kappa shape index (κ2) is 9.05. The Hall–Kier alpha value is -3.06. The van der Waals surface area contributed by atoms with E-state index >= 15 is 0 Å². The summed E-state index contributed by atoms with van der Waals surface area (Å²) >= 11 is 1.46. The molecule has 0 unspecified atom stereocenters. The molecule has 0 saturated heterocycles. The van der Waals surface area contributed by atoms with Crippen LogP contribution in [-0.4, -0.2) is 25.2 Å². The molecule has 0 aliphatic rings. The Kier molecular flexibility index (Phi) is 6.27. The second-order valence-electron chi connectivity index (χ2n) is 5.68. The normalized spacial score (nSPS) is 10.3. The first kappa shape index (κ1) is 18.7. The fraction of sp³-hybridized carbons (Fsp3) is 0.200. The minimum atomic E-state index is -0.294. The number of carbonyl (C=O) groups excluding carboxylic acids is 1. The van der Waals surface area contributed by atoms with Crippen molar-refractivity contribution in [3.63, 3.8) is 0 Å². The molecule has 3 aromatic rings. The molecule has 0 amide bonds. The van der Waals surface area contributed by atoms with Crippen molar-refractivity contribution in [1.82, 2.24) is 4.98 Å². The molecule has 0 spiro atoms. The highest BCUT2D eigenvalue weighted by molar-refractivity contribution is 7.13. The molecule has 0 fully saturated rings. The number of anilines is 2. The van der Waals surface area contributed by atoms with Gasteiger partial charge >= 0.3 is 5.97 Å². The average molecular weight is 384 g/mol. The van der Waals surface area contributed by atoms with E-state index in [4.69, 9.17) is 14.2 Å². The number of thiazole rings is 1. The summed E-state index contributed by atoms with van der Waals surface area (Å²) in [6, 6.07) is 14.9. The summed E-state index contributed by atoms with van der Waals surface area (Å²) in [7, 11) is 3.24. The highest BCUT2D eigenvalue weighted by Crippen LogP contribution is 2.23. The number of carbonyl (C=O) groups is 1. The monoisotopic (exact) mass is 384 g/mol. The van der Waals surface area contributed by atoms with Crippen LogP contribution >= 0.6 is 11.3 Å². The minimum Gasteiger partial charge on any atom is -0.497 e. The highest BCUT2D eigenvalue weighted by Gasteiger charge is 2.08. The van der Waals surface area contributed by atoms with Crippen molar-refractivity contribution in [3.05, 3.63) is 65.2 Å². The van der Waals surface area contributed by atoms with E-state index in [0.29, 0.717) is 5.69 Å². The topological polar surface area (TPSA) is 69.7 Å². The Bertz CT molecular complexity index is 876. The number of nitrogens with zero attached hydrogens (tertiary/aromatic N) is 1. The molecule has 0 atom stereocenters. The molecule has 0 radical (unpaired) electrons. The van der Waals surface area contributed by atoms with Crippen molar-refractivity contribution in [1.29, 1.82) is 0 Å². The molecule has 1 heterocycles. The first-order chi connectivity index (χ1) is 13.2. The third kappa shape index (κ3) is 5.46. The summed E-state index contributed by atoms with van der Waals surface area (Å²) in [6.07, 6.45) is 0.213. The zero-order chi connectivity index (χ0) is 19.1. The Morgan fingerprint density at radius 1 is 1.00 bits per heavy atom. The predicted octanol–water partition coefficient (Wildman–Crippen LogP) is 4.19. The zero-order valence-electron chi connectivity index (χ0n) is 15.1. The van der Waals surface area contributed by atoms with E-state index in [0.717, 1.165) is 27.9 Å². The Morgan fingerprint density at radius 2 is 1.63 bits per heavy atom. The van der Waals surface area contributed by atoms with Gasteiger partial charge in [0.05, 0.1) is 26.3 Å². The largest absolute Gasteiger partial charge is 0.497 e. The number of ether oxygens (including phenoxy) is 3. The van der Waals surface area contributed by atoms with Crippen LogP contribution in [0.4, 0.5) is 10.8 Å². The minimum absolute atomic E-state index is 0.149. The third-order valence-corrected chi connectivity index (χ3v) is 4.59. The van der Waals surface area contributed by atoms with Crippen molar-refractivity contribution in [2.24, 2.45) is 0 Å². The number of hydrogen-bond acceptors (Lipinski definition) is 7. The van der Waals surface area contributed by atoms with Crippen molar-refractivity contribution < 1.29 is 19.0 Å². The number of hydrogen-bond donors (Lipinski definition) is 1. The van der Waals surface area contributed by atoms with Gasteiger partial charge in [0, 0.05) is 11.1 Å². The third-order valence-electron chi connectivity index (χ3n) is 3.78. The fourth-order valence-electron chi connectivity index (χ4n) is 2.34. The SMILES string of the molecule is COc1ccc(CC(=O)OCc2csc(Nc3ccc(OC)cc3)n2)cc1. The van der Waals surface area contributed by atoms with Crippen molar-refractivity contribution >= 4 is 28.1 Å². The van der Waals surface area contributed by atoms with Crippen molar-refractivity contribution in [3.8, 4) is 11.5 Å². The van der Waals surface area contributed by atoms with Crippen LogP contribution in [-0.2, 0) is 22.6 Å². The maximum Gasteiger partial charge on any atom is 0.310 e. The van der Waals surface area contributed by atoms with Crippen LogP contribution in [0, 0.1) is 0 Å². The zero-order valence-corrected chi connectivity index (χ0v) is 15.9. The summed E-state index contributed by atoms with van der Waals surface area (Å²) in [5, 5.41) is 5.82. The summed E-state index contributed by atoms with van der Waals surface area (Å²) < 4.78 is 15.5. The molecule has 0 aliphatic heterocycles. The molecule has 2 aromatic carbocycles. The lowest BCUT2D eigenvalue weighted by Gasteiger charge is -2.05. The number of methoxy groups -OCH3 is 2. The number of aromatic nitrogens is 1. The number of benzene rings is 2. The lowest BCUT2D eigenvalue weighted by atomic mass is 10.1. The van der Waals surface area contributed by atoms with E-state index in [9.17, 15) is 4.79 Å². The van der Waals surface area contributed by atoms with Gasteiger partial charge in [-0.1, -0.05) is 12.1 Å². The molecular formula is C20H20N2O4S. The van der Waals surface area contributed by atoms with Gasteiger partial charge in [0.1, 0.15) is 18.1 Å². The van der Waals surface area contributed by atoms with Crippen LogP contribution in [0.5, 0.6) is 11.5 Å². The molecule has 3 rings (SSSR count). The van der Waals surface area contributed by atoms with E-state index in [-0.39, 0.29) is 19.0 Å². The maximum absolute atomic E-state index is 12.0. The molecule has 0 bridgehead atoms. The number of nitrogens with one attached hydrogen (secondary N) is 1. The Morgan fingerprint density at radius 3 is 2.26 bits per heavy atom. The molecule has 27 heavy (non-hydrogen) atoms. The summed E-state index contributed by atoms with van der Waals surface area (Å²) in [5.74, 6) is 1.26. The average Bonchev–Trinajstić information content (AvgIpc) is 3.15. The van der Waals surface area contributed by atoms with Gasteiger partial charge in [0.2, 0.25) is 0 Å².